The van der Waals surface area contributed by atoms with Crippen molar-refractivity contribution >= 4 is 29.7 Å². The van der Waals surface area contributed by atoms with Gasteiger partial charge in [-0.25, -0.2) is 9.59 Å². The van der Waals surface area contributed by atoms with Gasteiger partial charge in [0.25, 0.3) is 5.91 Å². The van der Waals surface area contributed by atoms with Crippen molar-refractivity contribution in [3.05, 3.63) is 142 Å². The van der Waals surface area contributed by atoms with Crippen LogP contribution in [0.3, 0.4) is 0 Å². The molecule has 0 saturated carbocycles. The maximum atomic E-state index is 13.1. The molecule has 64 heavy (non-hydrogen) atoms. The van der Waals surface area contributed by atoms with E-state index < -0.39 is 33.9 Å². The summed E-state index contributed by atoms with van der Waals surface area (Å²) in [6.45, 7) is 17.6. The Morgan fingerprint density at radius 3 is 1.55 bits per heavy atom. The van der Waals surface area contributed by atoms with E-state index in [1.54, 1.807) is 4.90 Å². The minimum absolute atomic E-state index is 0.0286. The maximum absolute atomic E-state index is 13.1. The van der Waals surface area contributed by atoms with Crippen LogP contribution in [0.2, 0.25) is 5.02 Å². The van der Waals surface area contributed by atoms with Crippen molar-refractivity contribution in [1.29, 1.82) is 0 Å². The normalized spacial score (nSPS) is 17.5. The lowest BCUT2D eigenvalue weighted by Gasteiger charge is -2.27. The number of carbonyl (C=O) groups excluding carboxylic acids is 3. The molecule has 0 spiro atoms. The third-order valence-corrected chi connectivity index (χ3v) is 11.1. The van der Waals surface area contributed by atoms with Crippen LogP contribution < -0.4 is 10.6 Å². The fourth-order valence-electron chi connectivity index (χ4n) is 7.52. The SMILES string of the molecule is CC(C)(C)OC(=O)N1C[C@@H]1c1ccccc1.CC(C)(C)OC(=O)N[C@H](CN1CCCC1)c1ccccc1.O=C(N[C@H](CN1CCCC1)c1ccccc1)c1cccc(C(F)(F)F)c1Cl. The molecule has 7 rings (SSSR count). The number of hydrogen-bond donors (Lipinski definition) is 2. The Kier molecular flexibility index (Phi) is 17.7. The molecular formula is C50H63ClF3N5O5. The van der Waals surface area contributed by atoms with Gasteiger partial charge in [0.05, 0.1) is 34.3 Å². The van der Waals surface area contributed by atoms with Gasteiger partial charge in [0, 0.05) is 19.6 Å². The van der Waals surface area contributed by atoms with E-state index >= 15 is 0 Å². The van der Waals surface area contributed by atoms with Crippen molar-refractivity contribution in [3.63, 3.8) is 0 Å². The zero-order chi connectivity index (χ0) is 46.5. The van der Waals surface area contributed by atoms with E-state index in [0.717, 1.165) is 69.3 Å². The number of hydrogen-bond acceptors (Lipinski definition) is 7. The number of ether oxygens (including phenoxy) is 2. The Bertz CT molecular complexity index is 2090. The topological polar surface area (TPSA) is 103 Å². The van der Waals surface area contributed by atoms with Crippen molar-refractivity contribution < 1.29 is 37.0 Å². The maximum Gasteiger partial charge on any atom is 0.417 e. The summed E-state index contributed by atoms with van der Waals surface area (Å²) in [4.78, 5) is 42.9. The standard InChI is InChI=1S/C20H20ClF3N2O.C17H26N2O2.C13H17NO2/c21-18-15(9-6-10-16(18)20(22,23)24)19(27)25-17(13-26-11-4-5-12-26)14-7-2-1-3-8-14;1-17(2,3)21-16(20)18-15(13-19-11-7-8-12-19)14-9-5-4-6-10-14;1-13(2,3)16-12(15)14-9-11(14)10-7-5-4-6-8-10/h1-3,6-10,17H,4-5,11-13H2,(H,25,27);4-6,9-10,15H,7-8,11-13H2,1-3H3,(H,18,20);4-8,11H,9H2,1-3H3/t17-;15-;11-,14?/m111/s1. The predicted octanol–water partition coefficient (Wildman–Crippen LogP) is 11.3. The number of amides is 3. The van der Waals surface area contributed by atoms with Crippen LogP contribution in [0.25, 0.3) is 0 Å². The third kappa shape index (κ3) is 16.2. The van der Waals surface area contributed by atoms with Gasteiger partial charge in [-0.3, -0.25) is 9.69 Å². The number of nitrogens with zero attached hydrogens (tertiary/aromatic N) is 3. The second kappa shape index (κ2) is 22.7. The molecule has 0 aromatic heterocycles. The average molecular weight is 907 g/mol. The second-order valence-corrected chi connectivity index (χ2v) is 18.7. The number of benzene rings is 4. The number of alkyl carbamates (subject to hydrolysis) is 1. The molecule has 3 heterocycles. The van der Waals surface area contributed by atoms with Crippen LogP contribution in [0, 0.1) is 0 Å². The van der Waals surface area contributed by atoms with Crippen molar-refractivity contribution in [2.75, 3.05) is 45.8 Å². The van der Waals surface area contributed by atoms with Crippen molar-refractivity contribution in [1.82, 2.24) is 25.3 Å². The molecule has 4 aromatic carbocycles. The van der Waals surface area contributed by atoms with Gasteiger partial charge in [0.15, 0.2) is 0 Å². The minimum atomic E-state index is -4.61. The number of nitrogens with one attached hydrogen (secondary N) is 2. The molecule has 3 fully saturated rings. The Morgan fingerprint density at radius 2 is 1.09 bits per heavy atom. The van der Waals surface area contributed by atoms with Gasteiger partial charge >= 0.3 is 18.4 Å². The van der Waals surface area contributed by atoms with Crippen molar-refractivity contribution in [3.8, 4) is 0 Å². The molecular weight excluding hydrogens is 843 g/mol. The lowest BCUT2D eigenvalue weighted by molar-refractivity contribution is -0.137. The van der Waals surface area contributed by atoms with Crippen LogP contribution in [0.15, 0.2) is 109 Å². The highest BCUT2D eigenvalue weighted by molar-refractivity contribution is 6.34. The Balaban J connectivity index is 0.000000187. The molecule has 0 aliphatic carbocycles. The van der Waals surface area contributed by atoms with Gasteiger partial charge in [0.2, 0.25) is 0 Å². The first-order chi connectivity index (χ1) is 30.3. The summed E-state index contributed by atoms with van der Waals surface area (Å²) in [6, 6.07) is 32.8. The molecule has 0 radical (unpaired) electrons. The summed E-state index contributed by atoms with van der Waals surface area (Å²) in [5.74, 6) is -0.612. The van der Waals surface area contributed by atoms with Gasteiger partial charge in [-0.2, -0.15) is 13.2 Å². The van der Waals surface area contributed by atoms with Crippen LogP contribution in [0.5, 0.6) is 0 Å². The Labute approximate surface area is 381 Å². The van der Waals surface area contributed by atoms with E-state index in [2.05, 4.69) is 32.6 Å². The van der Waals surface area contributed by atoms with Gasteiger partial charge in [-0.1, -0.05) is 109 Å². The largest absolute Gasteiger partial charge is 0.444 e. The molecule has 3 amide bonds. The summed E-state index contributed by atoms with van der Waals surface area (Å²) in [5, 5.41) is 5.30. The fourth-order valence-corrected chi connectivity index (χ4v) is 7.84. The third-order valence-electron chi connectivity index (χ3n) is 10.7. The summed E-state index contributed by atoms with van der Waals surface area (Å²) in [6.07, 6.45) is -0.482. The lowest BCUT2D eigenvalue weighted by Crippen LogP contribution is -2.39. The van der Waals surface area contributed by atoms with Gasteiger partial charge in [-0.15, -0.1) is 0 Å². The smallest absolute Gasteiger partial charge is 0.417 e. The number of likely N-dealkylation sites (tertiary alicyclic amines) is 2. The Morgan fingerprint density at radius 1 is 0.641 bits per heavy atom. The number of carbonyl (C=O) groups is 3. The molecule has 14 heteroatoms. The quantitative estimate of drug-likeness (QED) is 0.153. The first kappa shape index (κ1) is 49.9. The number of alkyl halides is 3. The van der Waals surface area contributed by atoms with Crippen LogP contribution in [-0.4, -0.2) is 89.8 Å². The summed E-state index contributed by atoms with van der Waals surface area (Å²) < 4.78 is 49.9. The lowest BCUT2D eigenvalue weighted by atomic mass is 10.0. The number of rotatable bonds is 10. The molecule has 0 bridgehead atoms. The van der Waals surface area contributed by atoms with E-state index in [-0.39, 0.29) is 35.9 Å². The van der Waals surface area contributed by atoms with Gasteiger partial charge in [-0.05, 0) is 122 Å². The van der Waals surface area contributed by atoms with Crippen LogP contribution >= 0.6 is 11.6 Å². The van der Waals surface area contributed by atoms with Crippen LogP contribution in [0.1, 0.15) is 118 Å². The molecule has 3 saturated heterocycles. The molecule has 3 aliphatic heterocycles. The van der Waals surface area contributed by atoms with E-state index in [0.29, 0.717) is 6.54 Å². The Hall–Kier alpha value is -5.11. The molecule has 10 nitrogen and oxygen atoms in total. The first-order valence-electron chi connectivity index (χ1n) is 22.0. The van der Waals surface area contributed by atoms with Gasteiger partial charge < -0.3 is 29.9 Å². The summed E-state index contributed by atoms with van der Waals surface area (Å²) >= 11 is 5.90. The fraction of sp³-hybridized carbons (Fsp3) is 0.460. The molecule has 2 N–H and O–H groups in total. The molecule has 346 valence electrons. The van der Waals surface area contributed by atoms with Crippen molar-refractivity contribution in [2.24, 2.45) is 0 Å². The van der Waals surface area contributed by atoms with E-state index in [4.69, 9.17) is 21.1 Å². The van der Waals surface area contributed by atoms with Crippen LogP contribution in [0.4, 0.5) is 22.8 Å². The van der Waals surface area contributed by atoms with E-state index in [1.165, 1.54) is 30.5 Å². The van der Waals surface area contributed by atoms with E-state index in [9.17, 15) is 27.6 Å². The highest BCUT2D eigenvalue weighted by Crippen LogP contribution is 2.37. The second-order valence-electron chi connectivity index (χ2n) is 18.3. The minimum Gasteiger partial charge on any atom is -0.444 e. The monoisotopic (exact) mass is 905 g/mol. The van der Waals surface area contributed by atoms with Gasteiger partial charge in [0.1, 0.15) is 11.2 Å². The molecule has 3 atom stereocenters. The van der Waals surface area contributed by atoms with Crippen molar-refractivity contribution in [2.45, 2.75) is 103 Å². The predicted molar refractivity (Wildman–Crippen MR) is 245 cm³/mol. The van der Waals surface area contributed by atoms with Crippen LogP contribution in [-0.2, 0) is 15.7 Å². The highest BCUT2D eigenvalue weighted by Gasteiger charge is 2.42. The van der Waals surface area contributed by atoms with E-state index in [1.807, 2.05) is 120 Å². The highest BCUT2D eigenvalue weighted by atomic mass is 35.5. The summed E-state index contributed by atoms with van der Waals surface area (Å²) in [7, 11) is 0. The molecule has 4 aromatic rings. The first-order valence-corrected chi connectivity index (χ1v) is 22.4. The molecule has 3 aliphatic rings. The summed E-state index contributed by atoms with van der Waals surface area (Å²) in [5.41, 5.74) is 1.13. The zero-order valence-corrected chi connectivity index (χ0v) is 38.6. The average Bonchev–Trinajstić information content (AvgIpc) is 3.56. The zero-order valence-electron chi connectivity index (χ0n) is 37.8. The number of halogens is 4. The molecule has 0 unspecified atom stereocenters.